The summed E-state index contributed by atoms with van der Waals surface area (Å²) in [7, 11) is 2.15. The van der Waals surface area contributed by atoms with Gasteiger partial charge in [0.05, 0.1) is 10.6 Å². The summed E-state index contributed by atoms with van der Waals surface area (Å²) in [6.45, 7) is 6.84. The fraction of sp³-hybridized carbons (Fsp3) is 0.304. The Labute approximate surface area is 181 Å². The first-order chi connectivity index (χ1) is 13.7. The summed E-state index contributed by atoms with van der Waals surface area (Å²) >= 11 is 7.36. The molecular formula is C23H24ClN3OS. The number of benzene rings is 2. The van der Waals surface area contributed by atoms with Crippen LogP contribution in [0.1, 0.15) is 44.2 Å². The summed E-state index contributed by atoms with van der Waals surface area (Å²) in [6.07, 6.45) is 3.04. The number of hydrogen-bond acceptors (Lipinski definition) is 4. The van der Waals surface area contributed by atoms with Crippen molar-refractivity contribution in [3.63, 3.8) is 0 Å². The molecule has 1 unspecified atom stereocenters. The first-order valence-corrected chi connectivity index (χ1v) is 10.9. The van der Waals surface area contributed by atoms with Gasteiger partial charge in [-0.05, 0) is 85.5 Å². The molecule has 4 nitrogen and oxygen atoms in total. The molecule has 150 valence electrons. The van der Waals surface area contributed by atoms with Gasteiger partial charge in [-0.2, -0.15) is 0 Å². The number of nitrogens with zero attached hydrogens (tertiary/aromatic N) is 2. The van der Waals surface area contributed by atoms with E-state index in [1.807, 2.05) is 18.2 Å². The molecule has 4 rings (SSSR count). The molecule has 6 heteroatoms. The normalized spacial score (nSPS) is 23.4. The third kappa shape index (κ3) is 4.07. The predicted octanol–water partition coefficient (Wildman–Crippen LogP) is 5.95. The number of halogens is 1. The van der Waals surface area contributed by atoms with Crippen molar-refractivity contribution in [2.24, 2.45) is 4.99 Å². The smallest absolute Gasteiger partial charge is 0.264 e. The van der Waals surface area contributed by atoms with Crippen LogP contribution in [0.15, 0.2) is 52.4 Å². The van der Waals surface area contributed by atoms with E-state index >= 15 is 0 Å². The van der Waals surface area contributed by atoms with Crippen LogP contribution in [0.2, 0.25) is 5.02 Å². The van der Waals surface area contributed by atoms with E-state index < -0.39 is 0 Å². The zero-order valence-corrected chi connectivity index (χ0v) is 18.6. The zero-order valence-electron chi connectivity index (χ0n) is 17.0. The Morgan fingerprint density at radius 3 is 2.83 bits per heavy atom. The largest absolute Gasteiger partial charge is 0.369 e. The van der Waals surface area contributed by atoms with Gasteiger partial charge < -0.3 is 10.2 Å². The highest BCUT2D eigenvalue weighted by molar-refractivity contribution is 8.18. The van der Waals surface area contributed by atoms with Gasteiger partial charge in [0.2, 0.25) is 0 Å². The van der Waals surface area contributed by atoms with Gasteiger partial charge in [-0.25, -0.2) is 4.99 Å². The number of thioether (sulfide) groups is 1. The average Bonchev–Trinajstić information content (AvgIpc) is 2.98. The third-order valence-electron chi connectivity index (χ3n) is 5.65. The maximum atomic E-state index is 12.4. The van der Waals surface area contributed by atoms with Crippen molar-refractivity contribution in [2.45, 2.75) is 38.6 Å². The summed E-state index contributed by atoms with van der Waals surface area (Å²) in [5.41, 5.74) is 4.49. The molecule has 2 aromatic rings. The van der Waals surface area contributed by atoms with Crippen LogP contribution in [0.3, 0.4) is 0 Å². The molecule has 0 bridgehead atoms. The Kier molecular flexibility index (Phi) is 5.21. The van der Waals surface area contributed by atoms with Gasteiger partial charge in [-0.1, -0.05) is 30.7 Å². The SMILES string of the molecule is CC1CC(C)(C)N(C)c2ccc(/C=C3/SC(=Nc4cccc(Cl)c4)NC3=O)cc21. The van der Waals surface area contributed by atoms with E-state index in [4.69, 9.17) is 11.6 Å². The van der Waals surface area contributed by atoms with Crippen LogP contribution >= 0.6 is 23.4 Å². The zero-order chi connectivity index (χ0) is 20.8. The summed E-state index contributed by atoms with van der Waals surface area (Å²) in [5.74, 6) is 0.347. The van der Waals surface area contributed by atoms with E-state index in [9.17, 15) is 4.79 Å². The first-order valence-electron chi connectivity index (χ1n) is 9.66. The number of anilines is 1. The standard InChI is InChI=1S/C23H24ClN3OS/c1-14-13-23(2,3)27(4)19-9-8-15(10-18(14)19)11-20-21(28)26-22(29-20)25-17-7-5-6-16(24)12-17/h5-12,14H,13H2,1-4H3,(H,25,26,28)/b20-11+. The molecule has 2 aliphatic rings. The van der Waals surface area contributed by atoms with Crippen LogP contribution in [-0.4, -0.2) is 23.7 Å². The monoisotopic (exact) mass is 425 g/mol. The molecule has 1 fully saturated rings. The fourth-order valence-corrected chi connectivity index (χ4v) is 5.01. The topological polar surface area (TPSA) is 44.7 Å². The Bertz CT molecular complexity index is 1040. The molecule has 2 heterocycles. The minimum atomic E-state index is -0.125. The first kappa shape index (κ1) is 20.0. The fourth-order valence-electron chi connectivity index (χ4n) is 3.98. The molecule has 1 atom stereocenters. The molecule has 0 aliphatic carbocycles. The molecule has 1 amide bonds. The molecule has 2 aromatic carbocycles. The van der Waals surface area contributed by atoms with Crippen LogP contribution in [0, 0.1) is 0 Å². The number of amides is 1. The van der Waals surface area contributed by atoms with Crippen molar-refractivity contribution >= 4 is 51.9 Å². The summed E-state index contributed by atoms with van der Waals surface area (Å²) in [5, 5.41) is 4.02. The minimum Gasteiger partial charge on any atom is -0.369 e. The second-order valence-corrected chi connectivity index (χ2v) is 9.72. The lowest BCUT2D eigenvalue weighted by Crippen LogP contribution is -2.45. The van der Waals surface area contributed by atoms with Gasteiger partial charge in [0, 0.05) is 23.3 Å². The van der Waals surface area contributed by atoms with E-state index in [2.05, 4.69) is 61.2 Å². The lowest BCUT2D eigenvalue weighted by molar-refractivity contribution is -0.115. The van der Waals surface area contributed by atoms with E-state index in [1.54, 1.807) is 12.1 Å². The number of rotatable bonds is 2. The van der Waals surface area contributed by atoms with Crippen molar-refractivity contribution in [1.82, 2.24) is 5.32 Å². The average molecular weight is 426 g/mol. The number of carbonyl (C=O) groups is 1. The van der Waals surface area contributed by atoms with Crippen LogP contribution < -0.4 is 10.2 Å². The van der Waals surface area contributed by atoms with Crippen molar-refractivity contribution < 1.29 is 4.79 Å². The molecule has 2 aliphatic heterocycles. The Balaban J connectivity index is 1.60. The van der Waals surface area contributed by atoms with Crippen LogP contribution in [0.25, 0.3) is 6.08 Å². The molecule has 0 radical (unpaired) electrons. The third-order valence-corrected chi connectivity index (χ3v) is 6.79. The number of nitrogens with one attached hydrogen (secondary N) is 1. The maximum absolute atomic E-state index is 12.4. The van der Waals surface area contributed by atoms with Crippen LogP contribution in [0.4, 0.5) is 11.4 Å². The van der Waals surface area contributed by atoms with Gasteiger partial charge in [-0.15, -0.1) is 0 Å². The summed E-state index contributed by atoms with van der Waals surface area (Å²) in [4.78, 5) is 19.9. The number of fused-ring (bicyclic) bond motifs is 1. The van der Waals surface area contributed by atoms with Gasteiger partial charge in [0.15, 0.2) is 5.17 Å². The molecule has 0 spiro atoms. The van der Waals surface area contributed by atoms with E-state index in [0.717, 1.165) is 17.7 Å². The van der Waals surface area contributed by atoms with Gasteiger partial charge in [0.25, 0.3) is 5.91 Å². The van der Waals surface area contributed by atoms with E-state index in [1.165, 1.54) is 23.0 Å². The lowest BCUT2D eigenvalue weighted by Gasteiger charge is -2.45. The molecule has 0 saturated carbocycles. The number of carbonyl (C=O) groups excluding carboxylic acids is 1. The van der Waals surface area contributed by atoms with Gasteiger partial charge in [0.1, 0.15) is 0 Å². The minimum absolute atomic E-state index is 0.125. The van der Waals surface area contributed by atoms with Gasteiger partial charge in [-0.3, -0.25) is 4.79 Å². The highest BCUT2D eigenvalue weighted by atomic mass is 35.5. The van der Waals surface area contributed by atoms with Crippen molar-refractivity contribution in [2.75, 3.05) is 11.9 Å². The van der Waals surface area contributed by atoms with E-state index in [-0.39, 0.29) is 11.4 Å². The second-order valence-electron chi connectivity index (χ2n) is 8.26. The number of aliphatic imine (C=N–C) groups is 1. The summed E-state index contributed by atoms with van der Waals surface area (Å²) in [6, 6.07) is 13.7. The molecular weight excluding hydrogens is 402 g/mol. The number of amidine groups is 1. The highest BCUT2D eigenvalue weighted by Crippen LogP contribution is 2.43. The van der Waals surface area contributed by atoms with Crippen molar-refractivity contribution in [1.29, 1.82) is 0 Å². The molecule has 29 heavy (non-hydrogen) atoms. The van der Waals surface area contributed by atoms with Gasteiger partial charge >= 0.3 is 0 Å². The molecule has 0 aromatic heterocycles. The Morgan fingerprint density at radius 2 is 2.07 bits per heavy atom. The van der Waals surface area contributed by atoms with Crippen molar-refractivity contribution in [3.8, 4) is 0 Å². The Hall–Kier alpha value is -2.24. The second kappa shape index (κ2) is 7.54. The van der Waals surface area contributed by atoms with E-state index in [0.29, 0.717) is 21.0 Å². The highest BCUT2D eigenvalue weighted by Gasteiger charge is 2.34. The lowest BCUT2D eigenvalue weighted by atomic mass is 9.80. The van der Waals surface area contributed by atoms with Crippen LogP contribution in [-0.2, 0) is 4.79 Å². The summed E-state index contributed by atoms with van der Waals surface area (Å²) < 4.78 is 0. The van der Waals surface area contributed by atoms with Crippen LogP contribution in [0.5, 0.6) is 0 Å². The quantitative estimate of drug-likeness (QED) is 0.604. The Morgan fingerprint density at radius 1 is 1.28 bits per heavy atom. The predicted molar refractivity (Wildman–Crippen MR) is 124 cm³/mol. The molecule has 1 saturated heterocycles. The molecule has 1 N–H and O–H groups in total. The number of hydrogen-bond donors (Lipinski definition) is 1. The van der Waals surface area contributed by atoms with Crippen molar-refractivity contribution in [3.05, 3.63) is 63.5 Å². The maximum Gasteiger partial charge on any atom is 0.264 e.